The predicted octanol–water partition coefficient (Wildman–Crippen LogP) is 0.822. The molecule has 0 bridgehead atoms. The molecule has 0 saturated carbocycles. The highest BCUT2D eigenvalue weighted by molar-refractivity contribution is 5.92. The molecule has 2 rings (SSSR count). The lowest BCUT2D eigenvalue weighted by molar-refractivity contribution is 0.0934. The zero-order chi connectivity index (χ0) is 17.7. The molecule has 1 amide bonds. The Bertz CT molecular complexity index is 770. The highest BCUT2D eigenvalue weighted by Crippen LogP contribution is 2.27. The standard InChI is InChI=1S/C17H22N4O3/c1-20(2)14(12-7-5-6-8-15(12)24-4)11-18-17(23)13-9-10-16(22)21(3)19-13/h5-10,14H,11H2,1-4H3,(H,18,23)/t14-/m0/s1. The molecular weight excluding hydrogens is 308 g/mol. The second-order valence-electron chi connectivity index (χ2n) is 5.61. The van der Waals surface area contributed by atoms with E-state index in [9.17, 15) is 9.59 Å². The first-order valence-electron chi connectivity index (χ1n) is 7.56. The molecule has 0 saturated heterocycles. The van der Waals surface area contributed by atoms with Gasteiger partial charge < -0.3 is 15.0 Å². The average Bonchev–Trinajstić information content (AvgIpc) is 2.57. The van der Waals surface area contributed by atoms with Crippen molar-refractivity contribution >= 4 is 5.91 Å². The minimum atomic E-state index is -0.327. The van der Waals surface area contributed by atoms with Gasteiger partial charge in [0.05, 0.1) is 13.2 Å². The van der Waals surface area contributed by atoms with Crippen LogP contribution in [0.3, 0.4) is 0 Å². The molecule has 0 fully saturated rings. The molecule has 0 aliphatic rings. The quantitative estimate of drug-likeness (QED) is 0.849. The number of ether oxygens (including phenoxy) is 1. The van der Waals surface area contributed by atoms with Gasteiger partial charge in [-0.15, -0.1) is 0 Å². The Kier molecular flexibility index (Phi) is 5.70. The lowest BCUT2D eigenvalue weighted by atomic mass is 10.0. The molecule has 1 N–H and O–H groups in total. The third kappa shape index (κ3) is 3.99. The van der Waals surface area contributed by atoms with Gasteiger partial charge in [-0.25, -0.2) is 4.68 Å². The fraction of sp³-hybridized carbons (Fsp3) is 0.353. The van der Waals surface area contributed by atoms with E-state index in [1.807, 2.05) is 43.3 Å². The molecule has 1 aromatic heterocycles. The average molecular weight is 330 g/mol. The lowest BCUT2D eigenvalue weighted by Crippen LogP contribution is -2.36. The summed E-state index contributed by atoms with van der Waals surface area (Å²) in [4.78, 5) is 25.6. The van der Waals surface area contributed by atoms with Gasteiger partial charge in [0.25, 0.3) is 11.5 Å². The molecule has 0 spiro atoms. The SMILES string of the molecule is COc1ccccc1[C@H](CNC(=O)c1ccc(=O)n(C)n1)N(C)C. The lowest BCUT2D eigenvalue weighted by Gasteiger charge is -2.26. The fourth-order valence-electron chi connectivity index (χ4n) is 2.42. The molecule has 1 heterocycles. The number of nitrogens with zero attached hydrogens (tertiary/aromatic N) is 3. The number of aromatic nitrogens is 2. The van der Waals surface area contributed by atoms with Crippen LogP contribution in [0.25, 0.3) is 0 Å². The topological polar surface area (TPSA) is 76.5 Å². The van der Waals surface area contributed by atoms with E-state index in [0.717, 1.165) is 16.0 Å². The molecule has 1 atom stereocenters. The van der Waals surface area contributed by atoms with Crippen LogP contribution in [0.2, 0.25) is 0 Å². The Morgan fingerprint density at radius 2 is 2.00 bits per heavy atom. The molecule has 7 nitrogen and oxygen atoms in total. The number of carbonyl (C=O) groups is 1. The monoisotopic (exact) mass is 330 g/mol. The maximum atomic E-state index is 12.3. The third-order valence-electron chi connectivity index (χ3n) is 3.77. The van der Waals surface area contributed by atoms with Crippen LogP contribution in [0, 0.1) is 0 Å². The van der Waals surface area contributed by atoms with E-state index >= 15 is 0 Å². The number of aryl methyl sites for hydroxylation is 1. The van der Waals surface area contributed by atoms with Gasteiger partial charge >= 0.3 is 0 Å². The van der Waals surface area contributed by atoms with Crippen LogP contribution in [-0.2, 0) is 7.05 Å². The van der Waals surface area contributed by atoms with Gasteiger partial charge in [-0.1, -0.05) is 18.2 Å². The summed E-state index contributed by atoms with van der Waals surface area (Å²) >= 11 is 0. The van der Waals surface area contributed by atoms with E-state index in [4.69, 9.17) is 4.74 Å². The molecule has 0 radical (unpaired) electrons. The second kappa shape index (κ2) is 7.74. The van der Waals surface area contributed by atoms with Gasteiger partial charge in [0.2, 0.25) is 0 Å². The zero-order valence-corrected chi connectivity index (χ0v) is 14.3. The van der Waals surface area contributed by atoms with Crippen molar-refractivity contribution in [1.29, 1.82) is 0 Å². The highest BCUT2D eigenvalue weighted by atomic mass is 16.5. The summed E-state index contributed by atoms with van der Waals surface area (Å²) in [5, 5.41) is 6.82. The van der Waals surface area contributed by atoms with Crippen LogP contribution < -0.4 is 15.6 Å². The molecule has 0 aliphatic carbocycles. The van der Waals surface area contributed by atoms with E-state index < -0.39 is 0 Å². The number of likely N-dealkylation sites (N-methyl/N-ethyl adjacent to an activating group) is 1. The number of nitrogens with one attached hydrogen (secondary N) is 1. The van der Waals surface area contributed by atoms with Gasteiger partial charge in [-0.05, 0) is 26.2 Å². The Labute approximate surface area is 140 Å². The number of hydrogen-bond acceptors (Lipinski definition) is 5. The number of hydrogen-bond donors (Lipinski definition) is 1. The van der Waals surface area contributed by atoms with Crippen molar-refractivity contribution in [1.82, 2.24) is 20.0 Å². The number of carbonyl (C=O) groups excluding carboxylic acids is 1. The second-order valence-corrected chi connectivity index (χ2v) is 5.61. The van der Waals surface area contributed by atoms with E-state index in [2.05, 4.69) is 10.4 Å². The minimum absolute atomic E-state index is 0.0577. The first kappa shape index (κ1) is 17.7. The van der Waals surface area contributed by atoms with Crippen molar-refractivity contribution in [2.24, 2.45) is 7.05 Å². The van der Waals surface area contributed by atoms with Crippen LogP contribution in [0.15, 0.2) is 41.2 Å². The normalized spacial score (nSPS) is 12.0. The first-order valence-corrected chi connectivity index (χ1v) is 7.56. The van der Waals surface area contributed by atoms with Gasteiger partial charge in [0, 0.05) is 25.2 Å². The number of benzene rings is 1. The molecule has 128 valence electrons. The molecule has 1 aromatic carbocycles. The number of methoxy groups -OCH3 is 1. The summed E-state index contributed by atoms with van der Waals surface area (Å²) in [7, 11) is 7.01. The largest absolute Gasteiger partial charge is 0.496 e. The molecule has 0 unspecified atom stereocenters. The molecule has 0 aliphatic heterocycles. The molecule has 24 heavy (non-hydrogen) atoms. The van der Waals surface area contributed by atoms with Crippen LogP contribution >= 0.6 is 0 Å². The Morgan fingerprint density at radius 3 is 2.62 bits per heavy atom. The maximum absolute atomic E-state index is 12.3. The third-order valence-corrected chi connectivity index (χ3v) is 3.77. The predicted molar refractivity (Wildman–Crippen MR) is 91.2 cm³/mol. The minimum Gasteiger partial charge on any atom is -0.496 e. The first-order chi connectivity index (χ1) is 11.4. The van der Waals surface area contributed by atoms with E-state index in [1.54, 1.807) is 7.11 Å². The van der Waals surface area contributed by atoms with Crippen LogP contribution in [-0.4, -0.2) is 48.3 Å². The number of rotatable bonds is 6. The van der Waals surface area contributed by atoms with Crippen molar-refractivity contribution in [3.8, 4) is 5.75 Å². The van der Waals surface area contributed by atoms with Crippen molar-refractivity contribution in [2.45, 2.75) is 6.04 Å². The van der Waals surface area contributed by atoms with Crippen molar-refractivity contribution in [2.75, 3.05) is 27.7 Å². The fourth-order valence-corrected chi connectivity index (χ4v) is 2.42. The Hall–Kier alpha value is -2.67. The van der Waals surface area contributed by atoms with E-state index in [1.165, 1.54) is 19.2 Å². The van der Waals surface area contributed by atoms with E-state index in [-0.39, 0.29) is 23.2 Å². The summed E-state index contributed by atoms with van der Waals surface area (Å²) in [6.45, 7) is 0.386. The summed E-state index contributed by atoms with van der Waals surface area (Å²) < 4.78 is 6.54. The molecule has 2 aromatic rings. The molecule has 7 heteroatoms. The highest BCUT2D eigenvalue weighted by Gasteiger charge is 2.19. The van der Waals surface area contributed by atoms with Crippen molar-refractivity contribution in [3.63, 3.8) is 0 Å². The van der Waals surface area contributed by atoms with Crippen molar-refractivity contribution < 1.29 is 9.53 Å². The number of para-hydroxylation sites is 1. The van der Waals surface area contributed by atoms with Crippen LogP contribution in [0.4, 0.5) is 0 Å². The summed E-state index contributed by atoms with van der Waals surface area (Å²) in [6, 6.07) is 10.4. The smallest absolute Gasteiger partial charge is 0.271 e. The van der Waals surface area contributed by atoms with Crippen molar-refractivity contribution in [3.05, 3.63) is 58.0 Å². The maximum Gasteiger partial charge on any atom is 0.271 e. The zero-order valence-electron chi connectivity index (χ0n) is 14.3. The van der Waals surface area contributed by atoms with Crippen LogP contribution in [0.5, 0.6) is 5.75 Å². The summed E-state index contributed by atoms with van der Waals surface area (Å²) in [5.41, 5.74) is 0.931. The summed E-state index contributed by atoms with van der Waals surface area (Å²) in [6.07, 6.45) is 0. The van der Waals surface area contributed by atoms with E-state index in [0.29, 0.717) is 6.54 Å². The Balaban J connectivity index is 2.15. The summed E-state index contributed by atoms with van der Waals surface area (Å²) in [5.74, 6) is 0.443. The van der Waals surface area contributed by atoms with Gasteiger partial charge in [0.15, 0.2) is 0 Å². The van der Waals surface area contributed by atoms with Gasteiger partial charge in [-0.2, -0.15) is 5.10 Å². The Morgan fingerprint density at radius 1 is 1.29 bits per heavy atom. The number of amides is 1. The van der Waals surface area contributed by atoms with Gasteiger partial charge in [0.1, 0.15) is 11.4 Å². The van der Waals surface area contributed by atoms with Gasteiger partial charge in [-0.3, -0.25) is 9.59 Å². The molecular formula is C17H22N4O3. The van der Waals surface area contributed by atoms with Crippen LogP contribution in [0.1, 0.15) is 22.1 Å².